The van der Waals surface area contributed by atoms with Gasteiger partial charge in [-0.3, -0.25) is 24.4 Å². The Balaban J connectivity index is 1.90. The number of amides is 2. The molecule has 10 heteroatoms. The number of hydrogen-bond acceptors (Lipinski definition) is 6. The molecule has 0 spiro atoms. The molecule has 0 aliphatic rings. The summed E-state index contributed by atoms with van der Waals surface area (Å²) in [5.41, 5.74) is 0.520. The van der Waals surface area contributed by atoms with Gasteiger partial charge in [0.2, 0.25) is 11.8 Å². The Labute approximate surface area is 136 Å². The van der Waals surface area contributed by atoms with Gasteiger partial charge in [0.05, 0.1) is 18.6 Å². The molecule has 2 rings (SSSR count). The average molecular weight is 333 g/mol. The molecule has 0 bridgehead atoms. The summed E-state index contributed by atoms with van der Waals surface area (Å²) < 4.78 is 6.39. The van der Waals surface area contributed by atoms with Crippen LogP contribution in [0, 0.1) is 10.1 Å². The third kappa shape index (κ3) is 4.06. The lowest BCUT2D eigenvalue weighted by Gasteiger charge is -2.06. The Morgan fingerprint density at radius 1 is 1.33 bits per heavy atom. The zero-order valence-corrected chi connectivity index (χ0v) is 13.0. The van der Waals surface area contributed by atoms with Crippen LogP contribution in [0.4, 0.5) is 11.4 Å². The van der Waals surface area contributed by atoms with Gasteiger partial charge in [-0.05, 0) is 12.1 Å². The molecule has 0 saturated carbocycles. The summed E-state index contributed by atoms with van der Waals surface area (Å²) in [7, 11) is 3.03. The Kier molecular flexibility index (Phi) is 5.09. The van der Waals surface area contributed by atoms with Gasteiger partial charge in [-0.25, -0.2) is 0 Å². The van der Waals surface area contributed by atoms with Crippen molar-refractivity contribution >= 4 is 23.2 Å². The molecule has 2 amide bonds. The van der Waals surface area contributed by atoms with E-state index in [4.69, 9.17) is 4.74 Å². The number of non-ortho nitro benzene ring substituents is 1. The van der Waals surface area contributed by atoms with Crippen LogP contribution in [0.1, 0.15) is 10.4 Å². The summed E-state index contributed by atoms with van der Waals surface area (Å²) in [6.07, 6.45) is 1.47. The summed E-state index contributed by atoms with van der Waals surface area (Å²) in [5, 5.41) is 19.5. The number of rotatable bonds is 6. The quantitative estimate of drug-likeness (QED) is 0.591. The third-order valence-corrected chi connectivity index (χ3v) is 3.00. The number of hydrogen-bond donors (Lipinski definition) is 2. The van der Waals surface area contributed by atoms with Crippen LogP contribution in [-0.2, 0) is 11.8 Å². The molecular formula is C14H15N5O5. The summed E-state index contributed by atoms with van der Waals surface area (Å²) in [6, 6.07) is 5.35. The van der Waals surface area contributed by atoms with Crippen molar-refractivity contribution in [3.05, 3.63) is 46.1 Å². The standard InChI is InChI=1S/C14H15N5O5/c1-18-8-11(14(17-18)24-2)13(21)15-7-12(20)16-9-3-5-10(6-4-9)19(22)23/h3-6,8H,7H2,1-2H3,(H,15,21)(H,16,20). The lowest BCUT2D eigenvalue weighted by atomic mass is 10.3. The molecule has 0 aliphatic heterocycles. The molecule has 0 radical (unpaired) electrons. The highest BCUT2D eigenvalue weighted by atomic mass is 16.6. The van der Waals surface area contributed by atoms with Crippen LogP contribution in [0.25, 0.3) is 0 Å². The zero-order chi connectivity index (χ0) is 17.7. The van der Waals surface area contributed by atoms with Crippen molar-refractivity contribution in [1.82, 2.24) is 15.1 Å². The molecule has 0 fully saturated rings. The average Bonchev–Trinajstić information content (AvgIpc) is 2.94. The summed E-state index contributed by atoms with van der Waals surface area (Å²) in [4.78, 5) is 33.8. The van der Waals surface area contributed by atoms with Crippen molar-refractivity contribution in [2.24, 2.45) is 7.05 Å². The molecule has 1 aromatic carbocycles. The van der Waals surface area contributed by atoms with Crippen molar-refractivity contribution in [2.45, 2.75) is 0 Å². The Morgan fingerprint density at radius 2 is 2.00 bits per heavy atom. The second-order valence-electron chi connectivity index (χ2n) is 4.76. The van der Waals surface area contributed by atoms with Crippen LogP contribution in [0.2, 0.25) is 0 Å². The summed E-state index contributed by atoms with van der Waals surface area (Å²) in [5.74, 6) is -0.815. The monoisotopic (exact) mass is 333 g/mol. The molecule has 1 heterocycles. The van der Waals surface area contributed by atoms with E-state index < -0.39 is 16.7 Å². The lowest BCUT2D eigenvalue weighted by molar-refractivity contribution is -0.384. The first-order valence-electron chi connectivity index (χ1n) is 6.81. The largest absolute Gasteiger partial charge is 0.479 e. The van der Waals surface area contributed by atoms with Gasteiger partial charge in [-0.1, -0.05) is 0 Å². The molecule has 24 heavy (non-hydrogen) atoms. The molecule has 10 nitrogen and oxygen atoms in total. The van der Waals surface area contributed by atoms with E-state index in [2.05, 4.69) is 15.7 Å². The number of ether oxygens (including phenoxy) is 1. The van der Waals surface area contributed by atoms with Gasteiger partial charge < -0.3 is 15.4 Å². The van der Waals surface area contributed by atoms with Gasteiger partial charge in [0.25, 0.3) is 11.6 Å². The maximum Gasteiger partial charge on any atom is 0.269 e. The number of aryl methyl sites for hydroxylation is 1. The van der Waals surface area contributed by atoms with Crippen molar-refractivity contribution in [3.8, 4) is 5.88 Å². The normalized spacial score (nSPS) is 10.1. The fourth-order valence-electron chi connectivity index (χ4n) is 1.90. The maximum atomic E-state index is 12.0. The van der Waals surface area contributed by atoms with Gasteiger partial charge in [-0.15, -0.1) is 5.10 Å². The van der Waals surface area contributed by atoms with Gasteiger partial charge in [0.1, 0.15) is 5.56 Å². The minimum Gasteiger partial charge on any atom is -0.479 e. The Morgan fingerprint density at radius 3 is 2.58 bits per heavy atom. The Bertz CT molecular complexity index is 768. The van der Waals surface area contributed by atoms with Crippen molar-refractivity contribution in [1.29, 1.82) is 0 Å². The van der Waals surface area contributed by atoms with E-state index in [-0.39, 0.29) is 23.7 Å². The summed E-state index contributed by atoms with van der Waals surface area (Å²) >= 11 is 0. The van der Waals surface area contributed by atoms with Crippen LogP contribution >= 0.6 is 0 Å². The van der Waals surface area contributed by atoms with Crippen LogP contribution in [-0.4, -0.2) is 40.2 Å². The van der Waals surface area contributed by atoms with E-state index in [1.807, 2.05) is 0 Å². The number of anilines is 1. The van der Waals surface area contributed by atoms with E-state index in [0.29, 0.717) is 5.69 Å². The van der Waals surface area contributed by atoms with Gasteiger partial charge in [0, 0.05) is 31.1 Å². The second-order valence-corrected chi connectivity index (χ2v) is 4.76. The van der Waals surface area contributed by atoms with E-state index >= 15 is 0 Å². The number of benzene rings is 1. The number of carbonyl (C=O) groups excluding carboxylic acids is 2. The molecule has 0 atom stereocenters. The van der Waals surface area contributed by atoms with Crippen molar-refractivity contribution in [2.75, 3.05) is 19.0 Å². The molecule has 2 aromatic rings. The minimum absolute atomic E-state index is 0.0787. The topological polar surface area (TPSA) is 128 Å². The predicted molar refractivity (Wildman–Crippen MR) is 83.8 cm³/mol. The first-order valence-corrected chi connectivity index (χ1v) is 6.81. The third-order valence-electron chi connectivity index (χ3n) is 3.00. The van der Waals surface area contributed by atoms with Crippen molar-refractivity contribution in [3.63, 3.8) is 0 Å². The van der Waals surface area contributed by atoms with Crippen molar-refractivity contribution < 1.29 is 19.2 Å². The highest BCUT2D eigenvalue weighted by Crippen LogP contribution is 2.16. The molecule has 0 saturated heterocycles. The smallest absolute Gasteiger partial charge is 0.269 e. The lowest BCUT2D eigenvalue weighted by Crippen LogP contribution is -2.32. The number of aromatic nitrogens is 2. The molecule has 1 aromatic heterocycles. The number of methoxy groups -OCH3 is 1. The maximum absolute atomic E-state index is 12.0. The van der Waals surface area contributed by atoms with Gasteiger partial charge in [0.15, 0.2) is 0 Å². The van der Waals surface area contributed by atoms with Gasteiger partial charge in [-0.2, -0.15) is 0 Å². The number of nitro benzene ring substituents is 1. The fraction of sp³-hybridized carbons (Fsp3) is 0.214. The first kappa shape index (κ1) is 16.9. The van der Waals surface area contributed by atoms with Crippen LogP contribution < -0.4 is 15.4 Å². The van der Waals surface area contributed by atoms with E-state index in [9.17, 15) is 19.7 Å². The molecule has 2 N–H and O–H groups in total. The van der Waals surface area contributed by atoms with Crippen LogP contribution in [0.15, 0.2) is 30.5 Å². The fourth-order valence-corrected chi connectivity index (χ4v) is 1.90. The number of nitro groups is 1. The highest BCUT2D eigenvalue weighted by molar-refractivity contribution is 6.00. The van der Waals surface area contributed by atoms with E-state index in [1.165, 1.54) is 42.3 Å². The molecular weight excluding hydrogens is 318 g/mol. The van der Waals surface area contributed by atoms with E-state index in [1.54, 1.807) is 7.05 Å². The van der Waals surface area contributed by atoms with Crippen LogP contribution in [0.3, 0.4) is 0 Å². The Hall–Kier alpha value is -3.43. The van der Waals surface area contributed by atoms with Gasteiger partial charge >= 0.3 is 0 Å². The summed E-state index contributed by atoms with van der Waals surface area (Å²) in [6.45, 7) is -0.270. The molecule has 126 valence electrons. The van der Waals surface area contributed by atoms with E-state index in [0.717, 1.165) is 0 Å². The predicted octanol–water partition coefficient (Wildman–Crippen LogP) is 0.705. The number of nitrogens with zero attached hydrogens (tertiary/aromatic N) is 3. The number of carbonyl (C=O) groups is 2. The molecule has 0 unspecified atom stereocenters. The SMILES string of the molecule is COc1nn(C)cc1C(=O)NCC(=O)Nc1ccc([N+](=O)[O-])cc1. The first-order chi connectivity index (χ1) is 11.4. The number of nitrogens with one attached hydrogen (secondary N) is 2. The minimum atomic E-state index is -0.535. The van der Waals surface area contributed by atoms with Crippen LogP contribution in [0.5, 0.6) is 5.88 Å². The molecule has 0 aliphatic carbocycles. The zero-order valence-electron chi connectivity index (χ0n) is 13.0. The highest BCUT2D eigenvalue weighted by Gasteiger charge is 2.17. The second kappa shape index (κ2) is 7.22.